The van der Waals surface area contributed by atoms with Crippen LogP contribution < -0.4 is 0 Å². The van der Waals surface area contributed by atoms with Crippen LogP contribution in [0.5, 0.6) is 0 Å². The minimum Gasteiger partial charge on any atom is -0.307 e. The maximum Gasteiger partial charge on any atom is 0.169 e. The second-order valence-corrected chi connectivity index (χ2v) is 3.56. The van der Waals surface area contributed by atoms with Gasteiger partial charge >= 0.3 is 0 Å². The molecule has 2 rings (SSSR count). The molecule has 0 aliphatic heterocycles. The van der Waals surface area contributed by atoms with Gasteiger partial charge in [-0.05, 0) is 13.2 Å². The first-order chi connectivity index (χ1) is 6.22. The largest absolute Gasteiger partial charge is 0.307 e. The van der Waals surface area contributed by atoms with E-state index in [1.807, 2.05) is 24.8 Å². The summed E-state index contributed by atoms with van der Waals surface area (Å²) in [5.41, 5.74) is 1.76. The molecule has 0 saturated heterocycles. The van der Waals surface area contributed by atoms with Crippen LogP contribution in [0.2, 0.25) is 0 Å². The van der Waals surface area contributed by atoms with Gasteiger partial charge in [0.05, 0.1) is 6.20 Å². The van der Waals surface area contributed by atoms with Gasteiger partial charge in [0, 0.05) is 7.05 Å². The Bertz CT molecular complexity index is 449. The van der Waals surface area contributed by atoms with Crippen molar-refractivity contribution in [2.45, 2.75) is 12.1 Å². The van der Waals surface area contributed by atoms with Gasteiger partial charge in [-0.25, -0.2) is 15.0 Å². The van der Waals surface area contributed by atoms with E-state index in [1.165, 1.54) is 0 Å². The number of rotatable bonds is 1. The second kappa shape index (κ2) is 2.99. The molecule has 0 saturated carbocycles. The first kappa shape index (κ1) is 8.50. The number of aryl methyl sites for hydroxylation is 2. The number of fused-ring (bicyclic) bond motifs is 1. The number of hydrogen-bond acceptors (Lipinski definition) is 4. The molecule has 0 spiro atoms. The van der Waals surface area contributed by atoms with Gasteiger partial charge in [-0.3, -0.25) is 0 Å². The summed E-state index contributed by atoms with van der Waals surface area (Å²) in [5.74, 6) is 0.781. The predicted octanol–water partition coefficient (Wildman–Crippen LogP) is 1.39. The predicted molar refractivity (Wildman–Crippen MR) is 52.8 cm³/mol. The summed E-state index contributed by atoms with van der Waals surface area (Å²) in [4.78, 5) is 12.8. The molecule has 68 valence electrons. The lowest BCUT2D eigenvalue weighted by Crippen LogP contribution is -1.93. The van der Waals surface area contributed by atoms with E-state index >= 15 is 0 Å². The van der Waals surface area contributed by atoms with Crippen LogP contribution in [0.25, 0.3) is 11.2 Å². The van der Waals surface area contributed by atoms with Crippen molar-refractivity contribution >= 4 is 22.9 Å². The summed E-state index contributed by atoms with van der Waals surface area (Å²) in [7, 11) is 1.97. The molecule has 2 heterocycles. The lowest BCUT2D eigenvalue weighted by Gasteiger charge is -1.96. The molecule has 0 aliphatic rings. The molecule has 2 aromatic heterocycles. The molecule has 13 heavy (non-hydrogen) atoms. The highest BCUT2D eigenvalue weighted by Gasteiger charge is 2.07. The van der Waals surface area contributed by atoms with E-state index in [2.05, 4.69) is 15.0 Å². The van der Waals surface area contributed by atoms with Crippen molar-refractivity contribution in [2.75, 3.05) is 6.26 Å². The van der Waals surface area contributed by atoms with Crippen LogP contribution in [0.3, 0.4) is 0 Å². The number of nitrogens with zero attached hydrogens (tertiary/aromatic N) is 4. The maximum atomic E-state index is 4.37. The average Bonchev–Trinajstić information content (AvgIpc) is 2.44. The highest BCUT2D eigenvalue weighted by atomic mass is 32.2. The first-order valence-corrected chi connectivity index (χ1v) is 5.15. The summed E-state index contributed by atoms with van der Waals surface area (Å²) >= 11 is 1.61. The molecule has 4 nitrogen and oxygen atoms in total. The van der Waals surface area contributed by atoms with E-state index in [1.54, 1.807) is 18.0 Å². The van der Waals surface area contributed by atoms with E-state index in [0.29, 0.717) is 0 Å². The van der Waals surface area contributed by atoms with Gasteiger partial charge in [0.1, 0.15) is 11.3 Å². The van der Waals surface area contributed by atoms with Gasteiger partial charge < -0.3 is 4.57 Å². The normalized spacial score (nSPS) is 11.0. The molecule has 0 fully saturated rings. The van der Waals surface area contributed by atoms with E-state index in [9.17, 15) is 0 Å². The molecule has 0 N–H and O–H groups in total. The molecule has 0 aliphatic carbocycles. The zero-order valence-corrected chi connectivity index (χ0v) is 8.59. The van der Waals surface area contributed by atoms with Crippen LogP contribution in [0, 0.1) is 6.92 Å². The fourth-order valence-electron chi connectivity index (χ4n) is 1.23. The van der Waals surface area contributed by atoms with Crippen molar-refractivity contribution in [3.8, 4) is 0 Å². The van der Waals surface area contributed by atoms with Crippen molar-refractivity contribution in [1.82, 2.24) is 19.5 Å². The van der Waals surface area contributed by atoms with Crippen molar-refractivity contribution in [3.63, 3.8) is 0 Å². The van der Waals surface area contributed by atoms with E-state index in [4.69, 9.17) is 0 Å². The molecule has 5 heteroatoms. The zero-order valence-electron chi connectivity index (χ0n) is 7.77. The monoisotopic (exact) mass is 194 g/mol. The van der Waals surface area contributed by atoms with Crippen molar-refractivity contribution < 1.29 is 0 Å². The average molecular weight is 194 g/mol. The fraction of sp³-hybridized carbons (Fsp3) is 0.375. The quantitative estimate of drug-likeness (QED) is 0.643. The Labute approximate surface area is 80.4 Å². The van der Waals surface area contributed by atoms with Gasteiger partial charge in [-0.2, -0.15) is 0 Å². The number of aromatic nitrogens is 4. The third-order valence-electron chi connectivity index (χ3n) is 1.87. The minimum atomic E-state index is 0.781. The van der Waals surface area contributed by atoms with Crippen LogP contribution in [0.4, 0.5) is 0 Å². The summed E-state index contributed by atoms with van der Waals surface area (Å²) in [5, 5.41) is 0.968. The van der Waals surface area contributed by atoms with Gasteiger partial charge in [0.2, 0.25) is 0 Å². The van der Waals surface area contributed by atoms with Gasteiger partial charge in [-0.15, -0.1) is 0 Å². The first-order valence-electron chi connectivity index (χ1n) is 3.92. The number of imidazole rings is 1. The SMILES string of the molecule is CSc1nc2cnc(C)nc2n1C. The third kappa shape index (κ3) is 1.29. The molecule has 0 radical (unpaired) electrons. The summed E-state index contributed by atoms with van der Waals surface area (Å²) in [6.45, 7) is 1.88. The molecule has 0 aromatic carbocycles. The molecule has 0 amide bonds. The minimum absolute atomic E-state index is 0.781. The highest BCUT2D eigenvalue weighted by Crippen LogP contribution is 2.18. The van der Waals surface area contributed by atoms with Crippen LogP contribution in [-0.4, -0.2) is 25.8 Å². The second-order valence-electron chi connectivity index (χ2n) is 2.78. The molecule has 0 unspecified atom stereocenters. The van der Waals surface area contributed by atoms with Gasteiger partial charge in [0.25, 0.3) is 0 Å². The Hall–Kier alpha value is -1.10. The van der Waals surface area contributed by atoms with E-state index in [0.717, 1.165) is 22.1 Å². The maximum absolute atomic E-state index is 4.37. The smallest absolute Gasteiger partial charge is 0.169 e. The number of thioether (sulfide) groups is 1. The lowest BCUT2D eigenvalue weighted by molar-refractivity contribution is 0.805. The zero-order chi connectivity index (χ0) is 9.42. The topological polar surface area (TPSA) is 43.6 Å². The Kier molecular flexibility index (Phi) is 1.95. The third-order valence-corrected chi connectivity index (χ3v) is 2.60. The fourth-order valence-corrected chi connectivity index (χ4v) is 1.78. The molecule has 0 atom stereocenters. The van der Waals surface area contributed by atoms with Gasteiger partial charge in [-0.1, -0.05) is 11.8 Å². The Balaban J connectivity index is 2.77. The summed E-state index contributed by atoms with van der Waals surface area (Å²) in [6, 6.07) is 0. The standard InChI is InChI=1S/C8H10N4S/c1-5-9-4-6-7(10-5)12(2)8(11-6)13-3/h4H,1-3H3. The Morgan fingerprint density at radius 2 is 2.15 bits per heavy atom. The van der Waals surface area contributed by atoms with Crippen molar-refractivity contribution in [1.29, 1.82) is 0 Å². The molecular formula is C8H10N4S. The Morgan fingerprint density at radius 1 is 1.38 bits per heavy atom. The van der Waals surface area contributed by atoms with Crippen LogP contribution in [-0.2, 0) is 7.05 Å². The van der Waals surface area contributed by atoms with Gasteiger partial charge in [0.15, 0.2) is 10.8 Å². The van der Waals surface area contributed by atoms with E-state index in [-0.39, 0.29) is 0 Å². The number of hydrogen-bond donors (Lipinski definition) is 0. The van der Waals surface area contributed by atoms with Crippen LogP contribution >= 0.6 is 11.8 Å². The van der Waals surface area contributed by atoms with E-state index < -0.39 is 0 Å². The lowest BCUT2D eigenvalue weighted by atomic mass is 10.5. The van der Waals surface area contributed by atoms with Crippen LogP contribution in [0.1, 0.15) is 5.82 Å². The summed E-state index contributed by atoms with van der Waals surface area (Å²) in [6.07, 6.45) is 3.76. The van der Waals surface area contributed by atoms with Crippen molar-refractivity contribution in [2.24, 2.45) is 7.05 Å². The molecule has 0 bridgehead atoms. The summed E-state index contributed by atoms with van der Waals surface area (Å²) < 4.78 is 1.98. The molecule has 2 aromatic rings. The molecular weight excluding hydrogens is 184 g/mol. The Morgan fingerprint density at radius 3 is 2.85 bits per heavy atom. The van der Waals surface area contributed by atoms with Crippen LogP contribution in [0.15, 0.2) is 11.4 Å². The highest BCUT2D eigenvalue weighted by molar-refractivity contribution is 7.98. The van der Waals surface area contributed by atoms with Crippen molar-refractivity contribution in [3.05, 3.63) is 12.0 Å².